The van der Waals surface area contributed by atoms with E-state index in [-0.39, 0.29) is 5.60 Å². The number of hydrogen-bond acceptors (Lipinski definition) is 3. The molecule has 14 heavy (non-hydrogen) atoms. The van der Waals surface area contributed by atoms with Gasteiger partial charge in [0.25, 0.3) is 0 Å². The number of hydrogen-bond donors (Lipinski definition) is 0. The maximum Gasteiger partial charge on any atom is 0.410 e. The van der Waals surface area contributed by atoms with Crippen molar-refractivity contribution in [3.63, 3.8) is 0 Å². The van der Waals surface area contributed by atoms with Gasteiger partial charge in [-0.2, -0.15) is 0 Å². The van der Waals surface area contributed by atoms with E-state index in [1.165, 1.54) is 0 Å². The van der Waals surface area contributed by atoms with Gasteiger partial charge in [0.05, 0.1) is 5.60 Å². The minimum Gasteiger partial charge on any atom is -0.505 e. The second-order valence-corrected chi connectivity index (χ2v) is 5.19. The lowest BCUT2D eigenvalue weighted by Crippen LogP contribution is -2.26. The molecule has 4 heteroatoms. The minimum absolute atomic E-state index is 0.00327. The summed E-state index contributed by atoms with van der Waals surface area (Å²) in [4.78, 5) is 2.28. The Morgan fingerprint density at radius 3 is 2.29 bits per heavy atom. The highest BCUT2D eigenvalue weighted by Crippen LogP contribution is 2.06. The molecule has 0 fully saturated rings. The summed E-state index contributed by atoms with van der Waals surface area (Å²) in [5.41, 5.74) is -0.00327. The van der Waals surface area contributed by atoms with Crippen LogP contribution in [0.15, 0.2) is 0 Å². The Morgan fingerprint density at radius 2 is 1.79 bits per heavy atom. The van der Waals surface area contributed by atoms with Crippen LogP contribution in [0.4, 0.5) is 0 Å². The van der Waals surface area contributed by atoms with E-state index in [1.54, 1.807) is 0 Å². The normalized spacial score (nSPS) is 12.4. The molecule has 0 saturated heterocycles. The van der Waals surface area contributed by atoms with Gasteiger partial charge in [-0.25, -0.2) is 0 Å². The Labute approximate surface area is 96.5 Å². The first kappa shape index (κ1) is 14.4. The van der Waals surface area contributed by atoms with Crippen LogP contribution in [0, 0.1) is 0 Å². The summed E-state index contributed by atoms with van der Waals surface area (Å²) < 4.78 is 10.8. The highest BCUT2D eigenvalue weighted by Gasteiger charge is 2.09. The van der Waals surface area contributed by atoms with Crippen LogP contribution in [0.2, 0.25) is 0 Å². The lowest BCUT2D eigenvalue weighted by molar-refractivity contribution is -0.00648. The molecule has 0 aromatic heterocycles. The fourth-order valence-electron chi connectivity index (χ4n) is 1.07. The molecule has 0 aromatic carbocycles. The smallest absolute Gasteiger partial charge is 0.410 e. The molecule has 0 aliphatic carbocycles. The van der Waals surface area contributed by atoms with Crippen molar-refractivity contribution in [2.45, 2.75) is 32.8 Å². The van der Waals surface area contributed by atoms with Gasteiger partial charge in [0.1, 0.15) is 0 Å². The molecule has 0 unspecified atom stereocenters. The predicted molar refractivity (Wildman–Crippen MR) is 62.3 cm³/mol. The van der Waals surface area contributed by atoms with E-state index in [4.69, 9.17) is 8.53 Å². The Hall–Kier alpha value is 0.412. The van der Waals surface area contributed by atoms with E-state index < -0.39 is 0 Å². The van der Waals surface area contributed by atoms with Crippen molar-refractivity contribution < 1.29 is 8.53 Å². The standard InChI is InChI=1S/C10H22NO2.Al.2H/c1-10(2,3)13-9-5-6-11(4)7-8-12;;;/h5-9H2,1-4H3;;;/q-1;+1;;. The number of nitrogens with zero attached hydrogens (tertiary/aromatic N) is 1. The minimum atomic E-state index is -0.00327. The molecular weight excluding hydrogens is 193 g/mol. The summed E-state index contributed by atoms with van der Waals surface area (Å²) in [6, 6.07) is 0. The van der Waals surface area contributed by atoms with Crippen LogP contribution >= 0.6 is 0 Å². The molecule has 0 N–H and O–H groups in total. The van der Waals surface area contributed by atoms with Gasteiger partial charge in [-0.15, -0.1) is 0 Å². The van der Waals surface area contributed by atoms with Crippen molar-refractivity contribution in [1.29, 1.82) is 0 Å². The highest BCUT2D eigenvalue weighted by molar-refractivity contribution is 5.97. The fraction of sp³-hybridized carbons (Fsp3) is 1.00. The summed E-state index contributed by atoms with van der Waals surface area (Å²) in [5.74, 6) is 0. The molecule has 0 heterocycles. The third-order valence-corrected chi connectivity index (χ3v) is 2.30. The molecule has 0 bridgehead atoms. The zero-order chi connectivity index (χ0) is 11.0. The maximum absolute atomic E-state index is 5.63. The van der Waals surface area contributed by atoms with Crippen molar-refractivity contribution >= 4 is 16.6 Å². The van der Waals surface area contributed by atoms with E-state index in [2.05, 4.69) is 32.7 Å². The van der Waals surface area contributed by atoms with E-state index in [1.807, 2.05) is 0 Å². The van der Waals surface area contributed by atoms with Crippen LogP contribution in [-0.2, 0) is 8.53 Å². The van der Waals surface area contributed by atoms with Crippen LogP contribution in [0.25, 0.3) is 0 Å². The Morgan fingerprint density at radius 1 is 1.14 bits per heavy atom. The molecule has 0 saturated carbocycles. The van der Waals surface area contributed by atoms with Gasteiger partial charge >= 0.3 is 16.6 Å². The third kappa shape index (κ3) is 10.5. The van der Waals surface area contributed by atoms with Crippen molar-refractivity contribution in [3.8, 4) is 0 Å². The fourth-order valence-corrected chi connectivity index (χ4v) is 1.25. The maximum atomic E-state index is 5.63. The summed E-state index contributed by atoms with van der Waals surface area (Å²) in [6.45, 7) is 10.1. The summed E-state index contributed by atoms with van der Waals surface area (Å²) in [6.07, 6.45) is 1.09. The van der Waals surface area contributed by atoms with Crippen LogP contribution in [-0.4, -0.2) is 60.5 Å². The second-order valence-electron chi connectivity index (χ2n) is 4.61. The number of rotatable bonds is 7. The first-order valence-electron chi connectivity index (χ1n) is 5.27. The van der Waals surface area contributed by atoms with E-state index in [0.717, 1.165) is 49.3 Å². The number of likely N-dealkylation sites (N-methyl/N-ethyl adjacent to an activating group) is 1. The molecule has 0 aromatic rings. The van der Waals surface area contributed by atoms with Gasteiger partial charge < -0.3 is 13.4 Å². The average molecular weight is 217 g/mol. The Kier molecular flexibility index (Phi) is 7.90. The van der Waals surface area contributed by atoms with E-state index >= 15 is 0 Å². The molecule has 0 amide bonds. The second kappa shape index (κ2) is 7.67. The molecule has 0 rings (SSSR count). The SMILES string of the molecule is CN(CCCOC(C)(C)C)CC[O][AlH2]. The van der Waals surface area contributed by atoms with Crippen LogP contribution < -0.4 is 0 Å². The van der Waals surface area contributed by atoms with Crippen molar-refractivity contribution in [1.82, 2.24) is 4.90 Å². The first-order chi connectivity index (χ1) is 6.45. The highest BCUT2D eigenvalue weighted by atomic mass is 27.1. The van der Waals surface area contributed by atoms with Gasteiger partial charge in [0.2, 0.25) is 0 Å². The van der Waals surface area contributed by atoms with Crippen LogP contribution in [0.5, 0.6) is 0 Å². The largest absolute Gasteiger partial charge is 0.505 e. The van der Waals surface area contributed by atoms with Gasteiger partial charge in [-0.1, -0.05) is 0 Å². The van der Waals surface area contributed by atoms with E-state index in [9.17, 15) is 0 Å². The zero-order valence-corrected chi connectivity index (χ0v) is 12.3. The topological polar surface area (TPSA) is 21.7 Å². The van der Waals surface area contributed by atoms with Crippen molar-refractivity contribution in [3.05, 3.63) is 0 Å². The molecule has 0 aliphatic rings. The summed E-state index contributed by atoms with van der Waals surface area (Å²) in [7, 11) is 2.12. The van der Waals surface area contributed by atoms with Crippen LogP contribution in [0.3, 0.4) is 0 Å². The molecular formula is C10H24AlNO2. The van der Waals surface area contributed by atoms with Crippen LogP contribution in [0.1, 0.15) is 27.2 Å². The lowest BCUT2D eigenvalue weighted by atomic mass is 10.2. The van der Waals surface area contributed by atoms with Gasteiger partial charge in [0.15, 0.2) is 0 Å². The predicted octanol–water partition coefficient (Wildman–Crippen LogP) is 0.688. The van der Waals surface area contributed by atoms with Crippen molar-refractivity contribution in [2.24, 2.45) is 0 Å². The summed E-state index contributed by atoms with van der Waals surface area (Å²) in [5, 5.41) is 0. The molecule has 3 nitrogen and oxygen atoms in total. The molecule has 84 valence electrons. The molecule has 0 spiro atoms. The first-order valence-corrected chi connectivity index (χ1v) is 6.09. The van der Waals surface area contributed by atoms with Crippen molar-refractivity contribution in [2.75, 3.05) is 33.4 Å². The van der Waals surface area contributed by atoms with Gasteiger partial charge in [-0.05, 0) is 34.2 Å². The molecule has 0 atom stereocenters. The quantitative estimate of drug-likeness (QED) is 0.462. The third-order valence-electron chi connectivity index (χ3n) is 1.90. The van der Waals surface area contributed by atoms with E-state index in [0.29, 0.717) is 0 Å². The average Bonchev–Trinajstić information content (AvgIpc) is 2.07. The Balaban J connectivity index is 3.27. The molecule has 0 radical (unpaired) electrons. The number of ether oxygens (including phenoxy) is 1. The monoisotopic (exact) mass is 217 g/mol. The molecule has 0 aliphatic heterocycles. The zero-order valence-electron chi connectivity index (χ0n) is 10.3. The summed E-state index contributed by atoms with van der Waals surface area (Å²) >= 11 is 0.843. The van der Waals surface area contributed by atoms with Gasteiger partial charge in [-0.3, -0.25) is 0 Å². The Bertz CT molecular complexity index is 137. The lowest BCUT2D eigenvalue weighted by Gasteiger charge is -2.21. The van der Waals surface area contributed by atoms with Gasteiger partial charge in [0, 0.05) is 26.3 Å².